The fourth-order valence-corrected chi connectivity index (χ4v) is 4.52. The topological polar surface area (TPSA) is 35.6 Å². The molecule has 4 heterocycles. The van der Waals surface area contributed by atoms with Crippen molar-refractivity contribution in [2.75, 3.05) is 0 Å². The van der Waals surface area contributed by atoms with E-state index in [2.05, 4.69) is 106 Å². The zero-order valence-electron chi connectivity index (χ0n) is 18.0. The second-order valence-corrected chi connectivity index (χ2v) is 8.22. The molecule has 0 aliphatic carbocycles. The summed E-state index contributed by atoms with van der Waals surface area (Å²) in [6, 6.07) is 23.6. The van der Waals surface area contributed by atoms with Gasteiger partial charge in [0.15, 0.2) is 0 Å². The molecule has 0 atom stereocenters. The minimum atomic E-state index is 1.05. The first-order valence-electron chi connectivity index (χ1n) is 10.7. The van der Waals surface area contributed by atoms with Gasteiger partial charge in [-0.25, -0.2) is 0 Å². The first-order chi connectivity index (χ1) is 15.7. The van der Waals surface area contributed by atoms with Crippen molar-refractivity contribution in [3.05, 3.63) is 109 Å². The first kappa shape index (κ1) is 18.6. The Hall–Kier alpha value is -4.18. The Morgan fingerprint density at radius 3 is 1.94 bits per heavy atom. The van der Waals surface area contributed by atoms with E-state index in [1.54, 1.807) is 0 Å². The Bertz CT molecular complexity index is 1450. The predicted octanol–water partition coefficient (Wildman–Crippen LogP) is 6.65. The van der Waals surface area contributed by atoms with Crippen molar-refractivity contribution in [3.8, 4) is 22.5 Å². The monoisotopic (exact) mass is 414 g/mol. The lowest BCUT2D eigenvalue weighted by molar-refractivity contribution is 1.11. The van der Waals surface area contributed by atoms with Gasteiger partial charge in [-0.1, -0.05) is 24.3 Å². The van der Waals surface area contributed by atoms with Gasteiger partial charge in [-0.15, -0.1) is 0 Å². The molecular formula is C28H22N4. The van der Waals surface area contributed by atoms with Gasteiger partial charge in [0, 0.05) is 41.5 Å². The van der Waals surface area contributed by atoms with E-state index in [9.17, 15) is 0 Å². The summed E-state index contributed by atoms with van der Waals surface area (Å²) in [7, 11) is 0. The number of nitrogens with zero attached hydrogens (tertiary/aromatic N) is 4. The summed E-state index contributed by atoms with van der Waals surface area (Å²) in [5.74, 6) is 0. The number of aromatic nitrogens is 4. The van der Waals surface area contributed by atoms with E-state index < -0.39 is 0 Å². The average Bonchev–Trinajstić information content (AvgIpc) is 3.37. The van der Waals surface area contributed by atoms with Gasteiger partial charge < -0.3 is 9.13 Å². The number of rotatable bonds is 3. The van der Waals surface area contributed by atoms with Crippen LogP contribution in [0.1, 0.15) is 11.1 Å². The fourth-order valence-electron chi connectivity index (χ4n) is 4.52. The zero-order chi connectivity index (χ0) is 21.7. The molecule has 2 aromatic carbocycles. The number of aryl methyl sites for hydroxylation is 2. The van der Waals surface area contributed by atoms with Crippen LogP contribution in [0.15, 0.2) is 97.7 Å². The molecule has 0 spiro atoms. The van der Waals surface area contributed by atoms with Crippen LogP contribution in [0, 0.1) is 13.8 Å². The molecular weight excluding hydrogens is 392 g/mol. The average molecular weight is 415 g/mol. The molecule has 0 aliphatic heterocycles. The van der Waals surface area contributed by atoms with Gasteiger partial charge in [-0.05, 0) is 78.6 Å². The second kappa shape index (κ2) is 7.20. The molecule has 0 saturated heterocycles. The lowest BCUT2D eigenvalue weighted by Crippen LogP contribution is -1.93. The van der Waals surface area contributed by atoms with E-state index in [1.165, 1.54) is 27.6 Å². The van der Waals surface area contributed by atoms with Crippen LogP contribution in [-0.4, -0.2) is 19.1 Å². The van der Waals surface area contributed by atoms with E-state index in [0.29, 0.717) is 0 Å². The molecule has 0 N–H and O–H groups in total. The highest BCUT2D eigenvalue weighted by molar-refractivity contribution is 5.85. The van der Waals surface area contributed by atoms with Crippen LogP contribution in [0.3, 0.4) is 0 Å². The molecule has 0 saturated carbocycles. The molecule has 0 bridgehead atoms. The molecule has 154 valence electrons. The van der Waals surface area contributed by atoms with Crippen molar-refractivity contribution in [1.82, 2.24) is 19.1 Å². The minimum absolute atomic E-state index is 1.05. The van der Waals surface area contributed by atoms with Crippen LogP contribution in [0.2, 0.25) is 0 Å². The molecule has 0 amide bonds. The lowest BCUT2D eigenvalue weighted by Gasteiger charge is -2.09. The third kappa shape index (κ3) is 2.92. The third-order valence-corrected chi connectivity index (χ3v) is 6.17. The minimum Gasteiger partial charge on any atom is -0.315 e. The van der Waals surface area contributed by atoms with Crippen molar-refractivity contribution in [1.29, 1.82) is 0 Å². The standard InChI is InChI=1S/C28H22N4/c1-19-17-32(27-16-29-15-13-25(19)27)24-11-7-22(8-12-24)21-5-9-23(10-6-21)31-18-20(2)28-26(31)4-3-14-30-28/h3-18H,1-2H3. The molecule has 4 heteroatoms. The lowest BCUT2D eigenvalue weighted by atomic mass is 10.0. The molecule has 0 fully saturated rings. The first-order valence-corrected chi connectivity index (χ1v) is 10.7. The highest BCUT2D eigenvalue weighted by atomic mass is 15.0. The van der Waals surface area contributed by atoms with Gasteiger partial charge in [0.05, 0.1) is 22.7 Å². The van der Waals surface area contributed by atoms with Crippen molar-refractivity contribution in [2.45, 2.75) is 13.8 Å². The normalized spacial score (nSPS) is 11.4. The smallest absolute Gasteiger partial charge is 0.0913 e. The molecule has 4 nitrogen and oxygen atoms in total. The maximum Gasteiger partial charge on any atom is 0.0913 e. The van der Waals surface area contributed by atoms with E-state index in [4.69, 9.17) is 0 Å². The van der Waals surface area contributed by atoms with Crippen molar-refractivity contribution in [2.24, 2.45) is 0 Å². The van der Waals surface area contributed by atoms with E-state index in [1.807, 2.05) is 24.7 Å². The molecule has 6 rings (SSSR count). The van der Waals surface area contributed by atoms with E-state index >= 15 is 0 Å². The Kier molecular flexibility index (Phi) is 4.18. The summed E-state index contributed by atoms with van der Waals surface area (Å²) in [5, 5.41) is 1.24. The predicted molar refractivity (Wildman–Crippen MR) is 131 cm³/mol. The van der Waals surface area contributed by atoms with E-state index in [0.717, 1.165) is 27.9 Å². The molecule has 0 radical (unpaired) electrons. The molecule has 6 aromatic rings. The summed E-state index contributed by atoms with van der Waals surface area (Å²) in [4.78, 5) is 8.82. The number of benzene rings is 2. The molecule has 0 unspecified atom stereocenters. The highest BCUT2D eigenvalue weighted by Crippen LogP contribution is 2.28. The summed E-state index contributed by atoms with van der Waals surface area (Å²) in [5.41, 5.74) is 10.4. The summed E-state index contributed by atoms with van der Waals surface area (Å²) >= 11 is 0. The van der Waals surface area contributed by atoms with Crippen molar-refractivity contribution >= 4 is 21.9 Å². The fraction of sp³-hybridized carbons (Fsp3) is 0.0714. The maximum absolute atomic E-state index is 4.52. The summed E-state index contributed by atoms with van der Waals surface area (Å²) in [6.07, 6.45) is 9.95. The van der Waals surface area contributed by atoms with Crippen LogP contribution in [0.25, 0.3) is 44.4 Å². The van der Waals surface area contributed by atoms with Crippen molar-refractivity contribution < 1.29 is 0 Å². The second-order valence-electron chi connectivity index (χ2n) is 8.22. The van der Waals surface area contributed by atoms with Crippen molar-refractivity contribution in [3.63, 3.8) is 0 Å². The maximum atomic E-state index is 4.52. The third-order valence-electron chi connectivity index (χ3n) is 6.17. The number of fused-ring (bicyclic) bond motifs is 2. The molecule has 32 heavy (non-hydrogen) atoms. The van der Waals surface area contributed by atoms with Gasteiger partial charge in [0.2, 0.25) is 0 Å². The Morgan fingerprint density at radius 2 is 1.25 bits per heavy atom. The van der Waals surface area contributed by atoms with Crippen LogP contribution < -0.4 is 0 Å². The van der Waals surface area contributed by atoms with Crippen LogP contribution in [0.4, 0.5) is 0 Å². The highest BCUT2D eigenvalue weighted by Gasteiger charge is 2.09. The SMILES string of the molecule is Cc1cn(-c2ccc(-c3ccc(-n4cc(C)c5ncccc54)cc3)cc2)c2cnccc12. The summed E-state index contributed by atoms with van der Waals surface area (Å²) in [6.45, 7) is 4.24. The Balaban J connectivity index is 1.33. The van der Waals surface area contributed by atoms with Gasteiger partial charge >= 0.3 is 0 Å². The van der Waals surface area contributed by atoms with Gasteiger partial charge in [-0.3, -0.25) is 9.97 Å². The number of hydrogen-bond donors (Lipinski definition) is 0. The van der Waals surface area contributed by atoms with Gasteiger partial charge in [0.1, 0.15) is 0 Å². The van der Waals surface area contributed by atoms with E-state index in [-0.39, 0.29) is 0 Å². The quantitative estimate of drug-likeness (QED) is 0.325. The Labute approximate surface area is 186 Å². The largest absolute Gasteiger partial charge is 0.315 e. The summed E-state index contributed by atoms with van der Waals surface area (Å²) < 4.78 is 4.41. The zero-order valence-corrected chi connectivity index (χ0v) is 18.0. The molecule has 4 aromatic heterocycles. The van der Waals surface area contributed by atoms with Gasteiger partial charge in [-0.2, -0.15) is 0 Å². The number of hydrogen-bond acceptors (Lipinski definition) is 2. The molecule has 0 aliphatic rings. The van der Waals surface area contributed by atoms with Crippen LogP contribution in [0.5, 0.6) is 0 Å². The number of pyridine rings is 2. The van der Waals surface area contributed by atoms with Crippen LogP contribution in [-0.2, 0) is 0 Å². The van der Waals surface area contributed by atoms with Gasteiger partial charge in [0.25, 0.3) is 0 Å². The van der Waals surface area contributed by atoms with Crippen LogP contribution >= 0.6 is 0 Å². The Morgan fingerprint density at radius 1 is 0.625 bits per heavy atom.